The monoisotopic (exact) mass is 207 g/mol. The van der Waals surface area contributed by atoms with Crippen molar-refractivity contribution in [1.82, 2.24) is 0 Å². The van der Waals surface area contributed by atoms with Crippen LogP contribution in [-0.2, 0) is 21.6 Å². The molecule has 0 atom stereocenters. The summed E-state index contributed by atoms with van der Waals surface area (Å²) in [4.78, 5) is 4.58. The summed E-state index contributed by atoms with van der Waals surface area (Å²) in [6, 6.07) is 8.48. The normalized spacial score (nSPS) is 17.7. The quantitative estimate of drug-likeness (QED) is 0.748. The molecule has 0 aromatic heterocycles. The summed E-state index contributed by atoms with van der Waals surface area (Å²) in [7, 11) is 1.78. The van der Waals surface area contributed by atoms with Crippen molar-refractivity contribution in [2.24, 2.45) is 5.90 Å². The summed E-state index contributed by atoms with van der Waals surface area (Å²) in [5.41, 5.74) is 2.53. The number of hydrogen-bond donors (Lipinski definition) is 1. The number of rotatable bonds is 5. The fraction of sp³-hybridized carbons (Fsp3) is 0.500. The van der Waals surface area contributed by atoms with Gasteiger partial charge in [0.05, 0.1) is 12.2 Å². The third-order valence-electron chi connectivity index (χ3n) is 3.06. The Morgan fingerprint density at radius 2 is 2.20 bits per heavy atom. The van der Waals surface area contributed by atoms with Crippen LogP contribution in [0.15, 0.2) is 24.3 Å². The van der Waals surface area contributed by atoms with Gasteiger partial charge in [-0.1, -0.05) is 24.3 Å². The molecule has 1 aromatic carbocycles. The summed E-state index contributed by atoms with van der Waals surface area (Å²) < 4.78 is 5.54. The lowest BCUT2D eigenvalue weighted by atomic mass is 10.0. The zero-order valence-electron chi connectivity index (χ0n) is 9.03. The van der Waals surface area contributed by atoms with Gasteiger partial charge in [-0.15, -0.1) is 0 Å². The molecule has 1 aromatic rings. The van der Waals surface area contributed by atoms with Crippen molar-refractivity contribution in [1.29, 1.82) is 0 Å². The van der Waals surface area contributed by atoms with E-state index in [1.807, 2.05) is 0 Å². The summed E-state index contributed by atoms with van der Waals surface area (Å²) in [6.45, 7) is 0.559. The predicted molar refractivity (Wildman–Crippen MR) is 58.2 cm³/mol. The molecule has 0 heterocycles. The van der Waals surface area contributed by atoms with Crippen molar-refractivity contribution in [2.75, 3.05) is 13.7 Å². The largest absolute Gasteiger partial charge is 0.374 e. The summed E-state index contributed by atoms with van der Waals surface area (Å²) >= 11 is 0. The molecule has 3 heteroatoms. The molecule has 1 saturated carbocycles. The van der Waals surface area contributed by atoms with E-state index in [9.17, 15) is 0 Å². The first-order valence-electron chi connectivity index (χ1n) is 5.27. The number of ether oxygens (including phenoxy) is 1. The van der Waals surface area contributed by atoms with E-state index in [0.717, 1.165) is 19.3 Å². The van der Waals surface area contributed by atoms with E-state index in [-0.39, 0.29) is 5.60 Å². The highest BCUT2D eigenvalue weighted by atomic mass is 16.6. The van der Waals surface area contributed by atoms with Crippen molar-refractivity contribution in [3.05, 3.63) is 35.4 Å². The van der Waals surface area contributed by atoms with Gasteiger partial charge in [0.25, 0.3) is 0 Å². The molecule has 1 aliphatic carbocycles. The molecule has 0 bridgehead atoms. The first-order valence-corrected chi connectivity index (χ1v) is 5.27. The van der Waals surface area contributed by atoms with Crippen LogP contribution in [0.25, 0.3) is 0 Å². The van der Waals surface area contributed by atoms with Crippen LogP contribution in [-0.4, -0.2) is 13.7 Å². The van der Waals surface area contributed by atoms with Crippen molar-refractivity contribution in [2.45, 2.75) is 24.9 Å². The number of hydrogen-bond acceptors (Lipinski definition) is 3. The lowest BCUT2D eigenvalue weighted by molar-refractivity contribution is 0.0788. The van der Waals surface area contributed by atoms with E-state index < -0.39 is 0 Å². The molecule has 0 amide bonds. The molecular formula is C12H17NO2. The van der Waals surface area contributed by atoms with E-state index in [4.69, 9.17) is 10.6 Å². The Kier molecular flexibility index (Phi) is 3.05. The molecule has 2 N–H and O–H groups in total. The Bertz CT molecular complexity index is 334. The molecule has 15 heavy (non-hydrogen) atoms. The van der Waals surface area contributed by atoms with Crippen LogP contribution in [0.1, 0.15) is 24.0 Å². The molecule has 0 saturated heterocycles. The first-order chi connectivity index (χ1) is 7.30. The molecular weight excluding hydrogens is 190 g/mol. The lowest BCUT2D eigenvalue weighted by Gasteiger charge is -2.14. The maximum absolute atomic E-state index is 5.54. The van der Waals surface area contributed by atoms with Gasteiger partial charge in [-0.3, -0.25) is 0 Å². The van der Waals surface area contributed by atoms with E-state index in [1.165, 1.54) is 11.1 Å². The van der Waals surface area contributed by atoms with Gasteiger partial charge in [-0.05, 0) is 30.4 Å². The minimum absolute atomic E-state index is 0.000415. The molecule has 0 aliphatic heterocycles. The summed E-state index contributed by atoms with van der Waals surface area (Å²) in [5.74, 6) is 5.01. The highest BCUT2D eigenvalue weighted by molar-refractivity contribution is 5.32. The average Bonchev–Trinajstić information content (AvgIpc) is 3.08. The Hall–Kier alpha value is -0.900. The number of methoxy groups -OCH3 is 1. The van der Waals surface area contributed by atoms with E-state index >= 15 is 0 Å². The van der Waals surface area contributed by atoms with Gasteiger partial charge in [-0.2, -0.15) is 0 Å². The van der Waals surface area contributed by atoms with E-state index in [2.05, 4.69) is 29.1 Å². The van der Waals surface area contributed by atoms with Gasteiger partial charge in [-0.25, -0.2) is 5.90 Å². The Morgan fingerprint density at radius 1 is 1.40 bits per heavy atom. The Balaban J connectivity index is 2.12. The fourth-order valence-corrected chi connectivity index (χ4v) is 1.91. The minimum Gasteiger partial charge on any atom is -0.374 e. The Labute approximate surface area is 90.1 Å². The fourth-order valence-electron chi connectivity index (χ4n) is 1.91. The van der Waals surface area contributed by atoms with Crippen LogP contribution in [0.2, 0.25) is 0 Å². The third kappa shape index (κ3) is 2.20. The zero-order chi connectivity index (χ0) is 10.7. The number of benzene rings is 1. The molecule has 0 unspecified atom stereocenters. The van der Waals surface area contributed by atoms with Crippen molar-refractivity contribution in [3.63, 3.8) is 0 Å². The van der Waals surface area contributed by atoms with Gasteiger partial charge < -0.3 is 9.57 Å². The SMILES string of the molecule is COC1(c2cccc(CCON)c2)CC1. The number of nitrogens with two attached hydrogens (primary N) is 1. The molecule has 2 rings (SSSR count). The highest BCUT2D eigenvalue weighted by Crippen LogP contribution is 2.48. The molecule has 1 fully saturated rings. The summed E-state index contributed by atoms with van der Waals surface area (Å²) in [6.07, 6.45) is 3.10. The van der Waals surface area contributed by atoms with Crippen molar-refractivity contribution in [3.8, 4) is 0 Å². The molecule has 82 valence electrons. The third-order valence-corrected chi connectivity index (χ3v) is 3.06. The van der Waals surface area contributed by atoms with Crippen LogP contribution in [0, 0.1) is 0 Å². The van der Waals surface area contributed by atoms with Crippen molar-refractivity contribution >= 4 is 0 Å². The topological polar surface area (TPSA) is 44.5 Å². The Morgan fingerprint density at radius 3 is 2.80 bits per heavy atom. The van der Waals surface area contributed by atoms with Crippen LogP contribution < -0.4 is 5.90 Å². The van der Waals surface area contributed by atoms with Gasteiger partial charge in [0.2, 0.25) is 0 Å². The zero-order valence-corrected chi connectivity index (χ0v) is 9.03. The first kappa shape index (κ1) is 10.6. The molecule has 0 radical (unpaired) electrons. The lowest BCUT2D eigenvalue weighted by Crippen LogP contribution is -2.10. The van der Waals surface area contributed by atoms with Crippen molar-refractivity contribution < 1.29 is 9.57 Å². The van der Waals surface area contributed by atoms with Crippen LogP contribution in [0.4, 0.5) is 0 Å². The van der Waals surface area contributed by atoms with Crippen LogP contribution >= 0.6 is 0 Å². The van der Waals surface area contributed by atoms with Crippen LogP contribution in [0.3, 0.4) is 0 Å². The molecule has 3 nitrogen and oxygen atoms in total. The van der Waals surface area contributed by atoms with E-state index in [0.29, 0.717) is 6.61 Å². The second-order valence-electron chi connectivity index (χ2n) is 4.02. The standard InChI is InChI=1S/C12H17NO2/c1-14-12(6-7-12)11-4-2-3-10(9-11)5-8-15-13/h2-4,9H,5-8,13H2,1H3. The van der Waals surface area contributed by atoms with Crippen LogP contribution in [0.5, 0.6) is 0 Å². The van der Waals surface area contributed by atoms with Gasteiger partial charge in [0.1, 0.15) is 0 Å². The van der Waals surface area contributed by atoms with Gasteiger partial charge in [0, 0.05) is 7.11 Å². The summed E-state index contributed by atoms with van der Waals surface area (Å²) in [5, 5.41) is 0. The smallest absolute Gasteiger partial charge is 0.0930 e. The molecule has 0 spiro atoms. The maximum Gasteiger partial charge on any atom is 0.0930 e. The second-order valence-corrected chi connectivity index (χ2v) is 4.02. The second kappa shape index (κ2) is 4.31. The average molecular weight is 207 g/mol. The highest BCUT2D eigenvalue weighted by Gasteiger charge is 2.44. The van der Waals surface area contributed by atoms with E-state index in [1.54, 1.807) is 7.11 Å². The maximum atomic E-state index is 5.54. The van der Waals surface area contributed by atoms with Gasteiger partial charge in [0.15, 0.2) is 0 Å². The van der Waals surface area contributed by atoms with Gasteiger partial charge >= 0.3 is 0 Å². The predicted octanol–water partition coefficient (Wildman–Crippen LogP) is 1.75. The minimum atomic E-state index is -0.000415. The molecule has 1 aliphatic rings.